The molecular weight excluding hydrogens is 276 g/mol. The number of allylic oxidation sites excluding steroid dienone is 2. The van der Waals surface area contributed by atoms with Crippen molar-refractivity contribution >= 4 is 5.91 Å². The molecular formula is C17H26N4O. The SMILES string of the molecule is CC(C)=C[C@@H]1[C@H](C(=O)NCc2nnc3n2CCCC3)C1(C)C. The number of carbonyl (C=O) groups is 1. The standard InChI is InChI=1S/C17H26N4O/c1-11(2)9-12-15(17(12,3)4)16(22)18-10-14-20-19-13-7-5-6-8-21(13)14/h9,12,15H,5-8,10H2,1-4H3,(H,18,22)/t12-,15-/m1/s1. The van der Waals surface area contributed by atoms with E-state index in [9.17, 15) is 4.79 Å². The summed E-state index contributed by atoms with van der Waals surface area (Å²) < 4.78 is 2.16. The van der Waals surface area contributed by atoms with Gasteiger partial charge < -0.3 is 9.88 Å². The van der Waals surface area contributed by atoms with Crippen molar-refractivity contribution in [2.24, 2.45) is 17.3 Å². The summed E-state index contributed by atoms with van der Waals surface area (Å²) in [7, 11) is 0. The average Bonchev–Trinajstić information content (AvgIpc) is 2.83. The van der Waals surface area contributed by atoms with Gasteiger partial charge in [-0.1, -0.05) is 25.5 Å². The number of aryl methyl sites for hydroxylation is 1. The summed E-state index contributed by atoms with van der Waals surface area (Å²) in [5.41, 5.74) is 1.34. The number of amides is 1. The smallest absolute Gasteiger partial charge is 0.224 e. The Morgan fingerprint density at radius 1 is 1.36 bits per heavy atom. The predicted molar refractivity (Wildman–Crippen MR) is 85.0 cm³/mol. The molecule has 2 heterocycles. The fourth-order valence-corrected chi connectivity index (χ4v) is 3.62. The molecule has 0 spiro atoms. The molecule has 3 rings (SSSR count). The van der Waals surface area contributed by atoms with Gasteiger partial charge in [0.25, 0.3) is 0 Å². The van der Waals surface area contributed by atoms with Gasteiger partial charge in [-0.05, 0) is 38.0 Å². The van der Waals surface area contributed by atoms with Crippen molar-refractivity contribution in [1.82, 2.24) is 20.1 Å². The van der Waals surface area contributed by atoms with Gasteiger partial charge in [0.15, 0.2) is 5.82 Å². The van der Waals surface area contributed by atoms with E-state index in [2.05, 4.69) is 53.9 Å². The second-order valence-corrected chi connectivity index (χ2v) is 7.43. The Labute approximate surface area is 132 Å². The van der Waals surface area contributed by atoms with E-state index in [0.717, 1.165) is 24.6 Å². The Bertz CT molecular complexity index is 610. The van der Waals surface area contributed by atoms with Gasteiger partial charge in [0.05, 0.1) is 12.5 Å². The molecule has 2 atom stereocenters. The minimum Gasteiger partial charge on any atom is -0.349 e. The summed E-state index contributed by atoms with van der Waals surface area (Å²) in [6, 6.07) is 0. The van der Waals surface area contributed by atoms with Crippen molar-refractivity contribution in [3.05, 3.63) is 23.3 Å². The number of carbonyl (C=O) groups excluding carboxylic acids is 1. The quantitative estimate of drug-likeness (QED) is 0.869. The molecule has 2 aliphatic rings. The summed E-state index contributed by atoms with van der Waals surface area (Å²) in [5.74, 6) is 2.52. The molecule has 1 saturated carbocycles. The Balaban J connectivity index is 1.62. The van der Waals surface area contributed by atoms with Crippen LogP contribution in [0.2, 0.25) is 0 Å². The molecule has 1 aliphatic carbocycles. The van der Waals surface area contributed by atoms with E-state index in [1.807, 2.05) is 0 Å². The molecule has 5 nitrogen and oxygen atoms in total. The van der Waals surface area contributed by atoms with E-state index in [-0.39, 0.29) is 17.2 Å². The molecule has 0 bridgehead atoms. The lowest BCUT2D eigenvalue weighted by Crippen LogP contribution is -2.28. The topological polar surface area (TPSA) is 59.8 Å². The monoisotopic (exact) mass is 302 g/mol. The normalized spacial score (nSPS) is 25.3. The number of hydrogen-bond donors (Lipinski definition) is 1. The van der Waals surface area contributed by atoms with E-state index in [0.29, 0.717) is 12.5 Å². The van der Waals surface area contributed by atoms with Crippen LogP contribution in [-0.2, 0) is 24.3 Å². The number of aromatic nitrogens is 3. The van der Waals surface area contributed by atoms with Crippen LogP contribution in [0, 0.1) is 17.3 Å². The van der Waals surface area contributed by atoms with Gasteiger partial charge in [-0.15, -0.1) is 10.2 Å². The number of fused-ring (bicyclic) bond motifs is 1. The van der Waals surface area contributed by atoms with E-state index < -0.39 is 0 Å². The number of hydrogen-bond acceptors (Lipinski definition) is 3. The highest BCUT2D eigenvalue weighted by atomic mass is 16.2. The molecule has 5 heteroatoms. The number of nitrogens with one attached hydrogen (secondary N) is 1. The molecule has 1 aromatic heterocycles. The van der Waals surface area contributed by atoms with Crippen LogP contribution in [0.1, 0.15) is 52.2 Å². The lowest BCUT2D eigenvalue weighted by Gasteiger charge is -2.15. The highest BCUT2D eigenvalue weighted by Crippen LogP contribution is 2.59. The van der Waals surface area contributed by atoms with Gasteiger partial charge in [-0.2, -0.15) is 0 Å². The van der Waals surface area contributed by atoms with Gasteiger partial charge in [-0.25, -0.2) is 0 Å². The van der Waals surface area contributed by atoms with Crippen LogP contribution in [0.5, 0.6) is 0 Å². The first-order valence-electron chi connectivity index (χ1n) is 8.25. The Morgan fingerprint density at radius 3 is 2.86 bits per heavy atom. The Hall–Kier alpha value is -1.65. The summed E-state index contributed by atoms with van der Waals surface area (Å²) >= 11 is 0. The molecule has 1 amide bonds. The zero-order valence-corrected chi connectivity index (χ0v) is 14.0. The van der Waals surface area contributed by atoms with Crippen LogP contribution in [0.15, 0.2) is 11.6 Å². The molecule has 1 fully saturated rings. The summed E-state index contributed by atoms with van der Waals surface area (Å²) in [6.45, 7) is 9.97. The maximum absolute atomic E-state index is 12.5. The van der Waals surface area contributed by atoms with Gasteiger partial charge >= 0.3 is 0 Å². The second kappa shape index (κ2) is 5.52. The third-order valence-corrected chi connectivity index (χ3v) is 5.06. The molecule has 1 aromatic rings. The van der Waals surface area contributed by atoms with Gasteiger partial charge in [0.1, 0.15) is 5.82 Å². The fourth-order valence-electron chi connectivity index (χ4n) is 3.62. The molecule has 0 radical (unpaired) electrons. The van der Waals surface area contributed by atoms with Crippen molar-refractivity contribution in [1.29, 1.82) is 0 Å². The minimum atomic E-state index is 0.0611. The molecule has 120 valence electrons. The summed E-state index contributed by atoms with van der Waals surface area (Å²) in [5, 5.41) is 11.5. The van der Waals surface area contributed by atoms with E-state index >= 15 is 0 Å². The van der Waals surface area contributed by atoms with Gasteiger partial charge in [0, 0.05) is 13.0 Å². The second-order valence-electron chi connectivity index (χ2n) is 7.43. The Kier molecular flexibility index (Phi) is 3.83. The Morgan fingerprint density at radius 2 is 2.14 bits per heavy atom. The molecule has 0 unspecified atom stereocenters. The van der Waals surface area contributed by atoms with E-state index in [4.69, 9.17) is 0 Å². The van der Waals surface area contributed by atoms with Crippen LogP contribution in [0.3, 0.4) is 0 Å². The van der Waals surface area contributed by atoms with Crippen molar-refractivity contribution in [2.75, 3.05) is 0 Å². The third kappa shape index (κ3) is 2.69. The van der Waals surface area contributed by atoms with Crippen molar-refractivity contribution < 1.29 is 4.79 Å². The minimum absolute atomic E-state index is 0.0611. The average molecular weight is 302 g/mol. The fraction of sp³-hybridized carbons (Fsp3) is 0.706. The predicted octanol–water partition coefficient (Wildman–Crippen LogP) is 2.47. The molecule has 1 aliphatic heterocycles. The first-order valence-corrected chi connectivity index (χ1v) is 8.25. The van der Waals surface area contributed by atoms with E-state index in [1.54, 1.807) is 0 Å². The zero-order chi connectivity index (χ0) is 15.9. The zero-order valence-electron chi connectivity index (χ0n) is 14.0. The van der Waals surface area contributed by atoms with Crippen molar-refractivity contribution in [3.63, 3.8) is 0 Å². The highest BCUT2D eigenvalue weighted by molar-refractivity contribution is 5.83. The lowest BCUT2D eigenvalue weighted by atomic mass is 10.1. The third-order valence-electron chi connectivity index (χ3n) is 5.06. The largest absolute Gasteiger partial charge is 0.349 e. The van der Waals surface area contributed by atoms with E-state index in [1.165, 1.54) is 18.4 Å². The van der Waals surface area contributed by atoms with Crippen LogP contribution in [0.4, 0.5) is 0 Å². The number of nitrogens with zero attached hydrogens (tertiary/aromatic N) is 3. The maximum atomic E-state index is 12.5. The highest BCUT2D eigenvalue weighted by Gasteiger charge is 2.60. The first-order chi connectivity index (χ1) is 10.4. The molecule has 1 N–H and O–H groups in total. The number of rotatable bonds is 4. The van der Waals surface area contributed by atoms with Gasteiger partial charge in [-0.3, -0.25) is 4.79 Å². The van der Waals surface area contributed by atoms with Crippen LogP contribution in [-0.4, -0.2) is 20.7 Å². The van der Waals surface area contributed by atoms with Gasteiger partial charge in [0.2, 0.25) is 5.91 Å². The summed E-state index contributed by atoms with van der Waals surface area (Å²) in [4.78, 5) is 12.5. The lowest BCUT2D eigenvalue weighted by molar-refractivity contribution is -0.123. The molecule has 0 aromatic carbocycles. The van der Waals surface area contributed by atoms with Crippen LogP contribution >= 0.6 is 0 Å². The summed E-state index contributed by atoms with van der Waals surface area (Å²) in [6.07, 6.45) is 5.58. The van der Waals surface area contributed by atoms with Crippen LogP contribution in [0.25, 0.3) is 0 Å². The molecule has 22 heavy (non-hydrogen) atoms. The van der Waals surface area contributed by atoms with Crippen molar-refractivity contribution in [3.8, 4) is 0 Å². The molecule has 0 saturated heterocycles. The first kappa shape index (κ1) is 15.3. The van der Waals surface area contributed by atoms with Crippen LogP contribution < -0.4 is 5.32 Å². The van der Waals surface area contributed by atoms with Crippen molar-refractivity contribution in [2.45, 2.75) is 60.0 Å². The maximum Gasteiger partial charge on any atom is 0.224 e.